The summed E-state index contributed by atoms with van der Waals surface area (Å²) in [6, 6.07) is 0.382. The number of hydrogen-bond donors (Lipinski definition) is 2. The highest BCUT2D eigenvalue weighted by molar-refractivity contribution is 5.25. The van der Waals surface area contributed by atoms with Gasteiger partial charge in [0.2, 0.25) is 0 Å². The fourth-order valence-electron chi connectivity index (χ4n) is 6.50. The smallest absolute Gasteiger partial charge is 0.0771 e. The lowest BCUT2D eigenvalue weighted by Crippen LogP contribution is -2.69. The molecule has 2 heterocycles. The molecule has 7 atom stereocenters. The van der Waals surface area contributed by atoms with Crippen molar-refractivity contribution in [3.8, 4) is 12.3 Å². The van der Waals surface area contributed by atoms with E-state index in [-0.39, 0.29) is 24.0 Å². The second kappa shape index (κ2) is 6.48. The van der Waals surface area contributed by atoms with Crippen molar-refractivity contribution in [2.75, 3.05) is 13.2 Å². The highest BCUT2D eigenvalue weighted by Crippen LogP contribution is 2.64. The predicted molar refractivity (Wildman–Crippen MR) is 97.3 cm³/mol. The number of aliphatic hydroxyl groups excluding tert-OH is 1. The number of piperidine rings is 1. The predicted octanol–water partition coefficient (Wildman–Crippen LogP) is 2.82. The van der Waals surface area contributed by atoms with Crippen LogP contribution in [0.3, 0.4) is 0 Å². The summed E-state index contributed by atoms with van der Waals surface area (Å²) in [4.78, 5) is 2.55. The largest absolute Gasteiger partial charge is 0.396 e. The highest BCUT2D eigenvalue weighted by Gasteiger charge is 2.69. The average Bonchev–Trinajstić information content (AvgIpc) is 3.09. The van der Waals surface area contributed by atoms with Crippen LogP contribution in [0.25, 0.3) is 0 Å². The fraction of sp³-hybridized carbons (Fsp3) is 0.810. The molecule has 0 aromatic rings. The molecular formula is C21H33NO2. The number of aliphatic hydroxyl groups is 2. The van der Waals surface area contributed by atoms with Crippen LogP contribution in [0.15, 0.2) is 12.7 Å². The SMILES string of the molecule is C#C[C@H]1[C@@H](CCC=C)[C@@](C)(O)[C@]2(CCCO)CC[C@@H]3[C@H](C)CN1[C@@H]32. The van der Waals surface area contributed by atoms with E-state index in [0.717, 1.165) is 38.6 Å². The molecule has 0 aromatic heterocycles. The molecule has 24 heavy (non-hydrogen) atoms. The fourth-order valence-corrected chi connectivity index (χ4v) is 6.50. The molecule has 3 heteroatoms. The van der Waals surface area contributed by atoms with Crippen molar-refractivity contribution >= 4 is 0 Å². The molecule has 3 aliphatic rings. The molecule has 1 aliphatic carbocycles. The van der Waals surface area contributed by atoms with E-state index in [4.69, 9.17) is 6.42 Å². The quantitative estimate of drug-likeness (QED) is 0.581. The van der Waals surface area contributed by atoms with Crippen LogP contribution in [0, 0.1) is 35.5 Å². The second-order valence-corrected chi connectivity index (χ2v) is 8.54. The molecular weight excluding hydrogens is 298 g/mol. The lowest BCUT2D eigenvalue weighted by atomic mass is 9.55. The molecule has 0 bridgehead atoms. The minimum atomic E-state index is -0.789. The summed E-state index contributed by atoms with van der Waals surface area (Å²) in [5.41, 5.74) is -0.924. The Morgan fingerprint density at radius 1 is 1.46 bits per heavy atom. The third-order valence-corrected chi connectivity index (χ3v) is 7.58. The first kappa shape index (κ1) is 18.0. The molecule has 3 fully saturated rings. The minimum Gasteiger partial charge on any atom is -0.396 e. The van der Waals surface area contributed by atoms with Crippen molar-refractivity contribution in [1.82, 2.24) is 4.90 Å². The van der Waals surface area contributed by atoms with E-state index in [1.165, 1.54) is 6.42 Å². The summed E-state index contributed by atoms with van der Waals surface area (Å²) >= 11 is 0. The highest BCUT2D eigenvalue weighted by atomic mass is 16.3. The van der Waals surface area contributed by atoms with Gasteiger partial charge in [-0.25, -0.2) is 0 Å². The molecule has 0 spiro atoms. The number of terminal acetylenes is 1. The maximum Gasteiger partial charge on any atom is 0.0771 e. The molecule has 3 nitrogen and oxygen atoms in total. The summed E-state index contributed by atoms with van der Waals surface area (Å²) in [7, 11) is 0. The van der Waals surface area contributed by atoms with Gasteiger partial charge in [0.05, 0.1) is 11.6 Å². The molecule has 3 rings (SSSR count). The summed E-state index contributed by atoms with van der Waals surface area (Å²) in [5, 5.41) is 21.3. The van der Waals surface area contributed by atoms with Crippen LogP contribution in [-0.4, -0.2) is 45.9 Å². The van der Waals surface area contributed by atoms with Gasteiger partial charge in [-0.2, -0.15) is 0 Å². The molecule has 0 amide bonds. The van der Waals surface area contributed by atoms with E-state index in [2.05, 4.69) is 24.3 Å². The van der Waals surface area contributed by atoms with Crippen molar-refractivity contribution in [3.63, 3.8) is 0 Å². The Morgan fingerprint density at radius 2 is 2.21 bits per heavy atom. The monoisotopic (exact) mass is 331 g/mol. The summed E-state index contributed by atoms with van der Waals surface area (Å²) in [5.74, 6) is 4.37. The first-order valence-corrected chi connectivity index (χ1v) is 9.60. The van der Waals surface area contributed by atoms with Crippen LogP contribution < -0.4 is 0 Å². The second-order valence-electron chi connectivity index (χ2n) is 8.54. The van der Waals surface area contributed by atoms with Gasteiger partial charge in [-0.3, -0.25) is 4.90 Å². The summed E-state index contributed by atoms with van der Waals surface area (Å²) < 4.78 is 0. The number of allylic oxidation sites excluding steroid dienone is 1. The van der Waals surface area contributed by atoms with Crippen molar-refractivity contribution in [3.05, 3.63) is 12.7 Å². The first-order chi connectivity index (χ1) is 11.4. The van der Waals surface area contributed by atoms with E-state index in [1.54, 1.807) is 0 Å². The third-order valence-electron chi connectivity index (χ3n) is 7.58. The standard InChI is InChI=1S/C21H33NO2/c1-5-7-9-17-18(6-2)22-14-15(3)16-10-12-21(19(16)22,11-8-13-23)20(17,4)24/h2,5,15-19,23-24H,1,7-14H2,3-4H3/t15-,16-,17-,18+,19+,20-,21-/m1/s1. The van der Waals surface area contributed by atoms with Crippen molar-refractivity contribution in [2.24, 2.45) is 23.2 Å². The van der Waals surface area contributed by atoms with Gasteiger partial charge in [-0.1, -0.05) is 18.9 Å². The first-order valence-electron chi connectivity index (χ1n) is 9.60. The van der Waals surface area contributed by atoms with Crippen LogP contribution in [-0.2, 0) is 0 Å². The van der Waals surface area contributed by atoms with Gasteiger partial charge in [0.15, 0.2) is 0 Å². The average molecular weight is 332 g/mol. The zero-order valence-corrected chi connectivity index (χ0v) is 15.2. The Hall–Kier alpha value is -0.820. The topological polar surface area (TPSA) is 43.7 Å². The van der Waals surface area contributed by atoms with Gasteiger partial charge >= 0.3 is 0 Å². The normalized spacial score (nSPS) is 47.4. The van der Waals surface area contributed by atoms with Crippen LogP contribution in [0.1, 0.15) is 52.4 Å². The van der Waals surface area contributed by atoms with Gasteiger partial charge in [-0.15, -0.1) is 13.0 Å². The minimum absolute atomic E-state index is 0.0118. The van der Waals surface area contributed by atoms with Gasteiger partial charge in [0, 0.05) is 30.5 Å². The van der Waals surface area contributed by atoms with E-state index in [0.29, 0.717) is 17.9 Å². The van der Waals surface area contributed by atoms with Crippen LogP contribution >= 0.6 is 0 Å². The zero-order chi connectivity index (χ0) is 17.5. The maximum atomic E-state index is 11.8. The lowest BCUT2D eigenvalue weighted by Gasteiger charge is -2.60. The Morgan fingerprint density at radius 3 is 2.83 bits per heavy atom. The zero-order valence-electron chi connectivity index (χ0n) is 15.2. The van der Waals surface area contributed by atoms with Gasteiger partial charge in [-0.05, 0) is 57.3 Å². The van der Waals surface area contributed by atoms with E-state index in [9.17, 15) is 10.2 Å². The van der Waals surface area contributed by atoms with Gasteiger partial charge in [0.1, 0.15) is 0 Å². The number of rotatable bonds is 6. The Balaban J connectivity index is 2.05. The lowest BCUT2D eigenvalue weighted by molar-refractivity contribution is -0.194. The maximum absolute atomic E-state index is 11.8. The molecule has 134 valence electrons. The summed E-state index contributed by atoms with van der Waals surface area (Å²) in [6.07, 6.45) is 13.6. The number of hydrogen-bond acceptors (Lipinski definition) is 3. The molecule has 1 saturated carbocycles. The molecule has 2 aliphatic heterocycles. The Labute approximate surface area is 147 Å². The van der Waals surface area contributed by atoms with Crippen molar-refractivity contribution < 1.29 is 10.2 Å². The van der Waals surface area contributed by atoms with E-state index in [1.807, 2.05) is 13.0 Å². The third kappa shape index (κ3) is 2.30. The molecule has 2 N–H and O–H groups in total. The van der Waals surface area contributed by atoms with Crippen LogP contribution in [0.5, 0.6) is 0 Å². The van der Waals surface area contributed by atoms with E-state index < -0.39 is 5.60 Å². The molecule has 0 unspecified atom stereocenters. The number of nitrogens with zero attached hydrogens (tertiary/aromatic N) is 1. The summed E-state index contributed by atoms with van der Waals surface area (Å²) in [6.45, 7) is 9.47. The van der Waals surface area contributed by atoms with Crippen LogP contribution in [0.4, 0.5) is 0 Å². The van der Waals surface area contributed by atoms with Crippen molar-refractivity contribution in [1.29, 1.82) is 0 Å². The van der Waals surface area contributed by atoms with Crippen LogP contribution in [0.2, 0.25) is 0 Å². The molecule has 0 radical (unpaired) electrons. The van der Waals surface area contributed by atoms with E-state index >= 15 is 0 Å². The van der Waals surface area contributed by atoms with Gasteiger partial charge < -0.3 is 10.2 Å². The Kier molecular flexibility index (Phi) is 4.86. The van der Waals surface area contributed by atoms with Crippen molar-refractivity contribution in [2.45, 2.75) is 70.1 Å². The molecule has 0 aromatic carbocycles. The Bertz CT molecular complexity index is 522. The van der Waals surface area contributed by atoms with Gasteiger partial charge in [0.25, 0.3) is 0 Å². The molecule has 2 saturated heterocycles.